The van der Waals surface area contributed by atoms with E-state index in [4.69, 9.17) is 4.52 Å². The average Bonchev–Trinajstić information content (AvgIpc) is 2.86. The SMILES string of the molecule is Cc1ccc(-c2noc(CCNC(C)CS(C)(=O)=O)n2)cc1. The van der Waals surface area contributed by atoms with E-state index >= 15 is 0 Å². The minimum absolute atomic E-state index is 0.102. The Morgan fingerprint density at radius 1 is 1.27 bits per heavy atom. The summed E-state index contributed by atoms with van der Waals surface area (Å²) in [6.45, 7) is 4.45. The number of sulfone groups is 1. The van der Waals surface area contributed by atoms with E-state index in [0.717, 1.165) is 5.56 Å². The fourth-order valence-electron chi connectivity index (χ4n) is 2.11. The van der Waals surface area contributed by atoms with E-state index in [1.165, 1.54) is 11.8 Å². The highest BCUT2D eigenvalue weighted by atomic mass is 32.2. The van der Waals surface area contributed by atoms with E-state index in [1.54, 1.807) is 0 Å². The molecule has 1 heterocycles. The Bertz CT molecular complexity index is 708. The summed E-state index contributed by atoms with van der Waals surface area (Å²) in [4.78, 5) is 4.35. The Morgan fingerprint density at radius 2 is 1.95 bits per heavy atom. The Hall–Kier alpha value is -1.73. The summed E-state index contributed by atoms with van der Waals surface area (Å²) in [5.41, 5.74) is 2.09. The van der Waals surface area contributed by atoms with Gasteiger partial charge in [0.2, 0.25) is 11.7 Å². The van der Waals surface area contributed by atoms with Gasteiger partial charge in [-0.3, -0.25) is 0 Å². The first-order chi connectivity index (χ1) is 10.3. The number of nitrogens with one attached hydrogen (secondary N) is 1. The lowest BCUT2D eigenvalue weighted by Crippen LogP contribution is -2.34. The van der Waals surface area contributed by atoms with Gasteiger partial charge in [0.15, 0.2) is 0 Å². The van der Waals surface area contributed by atoms with Crippen LogP contribution in [-0.4, -0.2) is 43.2 Å². The van der Waals surface area contributed by atoms with E-state index in [9.17, 15) is 8.42 Å². The maximum absolute atomic E-state index is 11.2. The van der Waals surface area contributed by atoms with E-state index < -0.39 is 9.84 Å². The van der Waals surface area contributed by atoms with Gasteiger partial charge in [-0.15, -0.1) is 0 Å². The Labute approximate surface area is 130 Å². The second kappa shape index (κ2) is 7.02. The molecule has 0 spiro atoms. The van der Waals surface area contributed by atoms with Gasteiger partial charge in [-0.1, -0.05) is 35.0 Å². The monoisotopic (exact) mass is 323 g/mol. The van der Waals surface area contributed by atoms with Gasteiger partial charge in [-0.2, -0.15) is 4.98 Å². The molecule has 0 amide bonds. The molecule has 0 saturated carbocycles. The molecule has 1 unspecified atom stereocenters. The summed E-state index contributed by atoms with van der Waals surface area (Å²) in [5.74, 6) is 1.22. The van der Waals surface area contributed by atoms with Gasteiger partial charge in [-0.25, -0.2) is 8.42 Å². The van der Waals surface area contributed by atoms with Gasteiger partial charge in [0.05, 0.1) is 5.75 Å². The van der Waals surface area contributed by atoms with E-state index in [2.05, 4.69) is 15.5 Å². The molecule has 2 aromatic rings. The van der Waals surface area contributed by atoms with Crippen molar-refractivity contribution in [2.45, 2.75) is 26.3 Å². The Balaban J connectivity index is 1.86. The van der Waals surface area contributed by atoms with Crippen LogP contribution in [0.2, 0.25) is 0 Å². The van der Waals surface area contributed by atoms with Crippen LogP contribution in [0.3, 0.4) is 0 Å². The predicted molar refractivity (Wildman–Crippen MR) is 85.4 cm³/mol. The predicted octanol–water partition coefficient (Wildman–Crippen LogP) is 1.61. The summed E-state index contributed by atoms with van der Waals surface area (Å²) < 4.78 is 27.6. The van der Waals surface area contributed by atoms with E-state index in [0.29, 0.717) is 24.7 Å². The topological polar surface area (TPSA) is 85.1 Å². The zero-order chi connectivity index (χ0) is 16.2. The summed E-state index contributed by atoms with van der Waals surface area (Å²) in [7, 11) is -2.97. The van der Waals surface area contributed by atoms with Crippen molar-refractivity contribution in [1.29, 1.82) is 0 Å². The molecule has 1 N–H and O–H groups in total. The molecule has 120 valence electrons. The molecule has 0 saturated heterocycles. The average molecular weight is 323 g/mol. The van der Waals surface area contributed by atoms with Crippen molar-refractivity contribution in [1.82, 2.24) is 15.5 Å². The van der Waals surface area contributed by atoms with E-state index in [-0.39, 0.29) is 11.8 Å². The highest BCUT2D eigenvalue weighted by Crippen LogP contribution is 2.16. The first-order valence-corrected chi connectivity index (χ1v) is 9.20. The molecule has 0 radical (unpaired) electrons. The zero-order valence-corrected chi connectivity index (χ0v) is 13.9. The molecule has 7 heteroatoms. The third-order valence-corrected chi connectivity index (χ3v) is 4.27. The second-order valence-electron chi connectivity index (χ2n) is 5.58. The highest BCUT2D eigenvalue weighted by molar-refractivity contribution is 7.90. The van der Waals surface area contributed by atoms with Crippen LogP contribution in [0, 0.1) is 6.92 Å². The molecule has 2 rings (SSSR count). The quantitative estimate of drug-likeness (QED) is 0.833. The molecule has 22 heavy (non-hydrogen) atoms. The summed E-state index contributed by atoms with van der Waals surface area (Å²) in [5, 5.41) is 7.10. The van der Waals surface area contributed by atoms with Crippen LogP contribution in [0.15, 0.2) is 28.8 Å². The number of aryl methyl sites for hydroxylation is 1. The zero-order valence-electron chi connectivity index (χ0n) is 13.0. The van der Waals surface area contributed by atoms with Crippen LogP contribution < -0.4 is 5.32 Å². The molecule has 0 fully saturated rings. The fourth-order valence-corrected chi connectivity index (χ4v) is 3.14. The number of nitrogens with zero attached hydrogens (tertiary/aromatic N) is 2. The first-order valence-electron chi connectivity index (χ1n) is 7.14. The summed E-state index contributed by atoms with van der Waals surface area (Å²) in [6, 6.07) is 7.81. The van der Waals surface area contributed by atoms with Crippen LogP contribution in [-0.2, 0) is 16.3 Å². The summed E-state index contributed by atoms with van der Waals surface area (Å²) in [6.07, 6.45) is 1.80. The van der Waals surface area contributed by atoms with Crippen molar-refractivity contribution >= 4 is 9.84 Å². The smallest absolute Gasteiger partial charge is 0.228 e. The van der Waals surface area contributed by atoms with Crippen molar-refractivity contribution in [3.8, 4) is 11.4 Å². The van der Waals surface area contributed by atoms with Crippen molar-refractivity contribution < 1.29 is 12.9 Å². The molecule has 0 bridgehead atoms. The van der Waals surface area contributed by atoms with E-state index in [1.807, 2.05) is 38.1 Å². The number of aromatic nitrogens is 2. The third-order valence-electron chi connectivity index (χ3n) is 3.16. The van der Waals surface area contributed by atoms with Gasteiger partial charge in [0.25, 0.3) is 0 Å². The molecule has 0 aliphatic heterocycles. The van der Waals surface area contributed by atoms with Crippen molar-refractivity contribution in [2.75, 3.05) is 18.6 Å². The fraction of sp³-hybridized carbons (Fsp3) is 0.467. The second-order valence-corrected chi connectivity index (χ2v) is 7.76. The molecule has 1 aromatic carbocycles. The largest absolute Gasteiger partial charge is 0.339 e. The molecule has 6 nitrogen and oxygen atoms in total. The van der Waals surface area contributed by atoms with Gasteiger partial charge in [0, 0.05) is 30.8 Å². The molecule has 0 aliphatic rings. The van der Waals surface area contributed by atoms with Crippen LogP contribution in [0.1, 0.15) is 18.4 Å². The van der Waals surface area contributed by atoms with Gasteiger partial charge in [0.1, 0.15) is 9.84 Å². The third kappa shape index (κ3) is 5.23. The lowest BCUT2D eigenvalue weighted by Gasteiger charge is -2.11. The molecular weight excluding hydrogens is 302 g/mol. The van der Waals surface area contributed by atoms with Gasteiger partial charge < -0.3 is 9.84 Å². The van der Waals surface area contributed by atoms with Crippen LogP contribution in [0.25, 0.3) is 11.4 Å². The Kier molecular flexibility index (Phi) is 5.31. The number of benzene rings is 1. The Morgan fingerprint density at radius 3 is 2.59 bits per heavy atom. The van der Waals surface area contributed by atoms with Crippen LogP contribution in [0.5, 0.6) is 0 Å². The number of hydrogen-bond acceptors (Lipinski definition) is 6. The molecule has 1 aromatic heterocycles. The van der Waals surface area contributed by atoms with Crippen molar-refractivity contribution in [3.05, 3.63) is 35.7 Å². The van der Waals surface area contributed by atoms with Crippen LogP contribution >= 0.6 is 0 Å². The standard InChI is InChI=1S/C15H21N3O3S/c1-11-4-6-13(7-5-11)15-17-14(21-18-15)8-9-16-12(2)10-22(3,19)20/h4-7,12,16H,8-10H2,1-3H3. The molecular formula is C15H21N3O3S. The minimum Gasteiger partial charge on any atom is -0.339 e. The van der Waals surface area contributed by atoms with Gasteiger partial charge in [-0.05, 0) is 13.8 Å². The maximum atomic E-state index is 11.2. The minimum atomic E-state index is -2.97. The molecule has 1 atom stereocenters. The first kappa shape index (κ1) is 16.6. The highest BCUT2D eigenvalue weighted by Gasteiger charge is 2.11. The lowest BCUT2D eigenvalue weighted by atomic mass is 10.1. The maximum Gasteiger partial charge on any atom is 0.228 e. The lowest BCUT2D eigenvalue weighted by molar-refractivity contribution is 0.374. The summed E-state index contributed by atoms with van der Waals surface area (Å²) >= 11 is 0. The van der Waals surface area contributed by atoms with Crippen molar-refractivity contribution in [2.24, 2.45) is 0 Å². The molecule has 0 aliphatic carbocycles. The number of hydrogen-bond donors (Lipinski definition) is 1. The van der Waals surface area contributed by atoms with Crippen LogP contribution in [0.4, 0.5) is 0 Å². The van der Waals surface area contributed by atoms with Crippen molar-refractivity contribution in [3.63, 3.8) is 0 Å². The normalized spacial score (nSPS) is 13.2. The van der Waals surface area contributed by atoms with Gasteiger partial charge >= 0.3 is 0 Å². The number of rotatable bonds is 7.